The summed E-state index contributed by atoms with van der Waals surface area (Å²) in [4.78, 5) is 17.2. The number of aliphatic hydroxyl groups is 1. The van der Waals surface area contributed by atoms with Crippen LogP contribution in [0.1, 0.15) is 25.7 Å². The summed E-state index contributed by atoms with van der Waals surface area (Å²) in [5.41, 5.74) is 0. The lowest BCUT2D eigenvalue weighted by Gasteiger charge is -2.35. The van der Waals surface area contributed by atoms with Crippen LogP contribution in [-0.4, -0.2) is 66.2 Å². The summed E-state index contributed by atoms with van der Waals surface area (Å²) in [7, 11) is 2.10. The highest BCUT2D eigenvalue weighted by molar-refractivity contribution is 5.79. The van der Waals surface area contributed by atoms with Crippen LogP contribution in [0.2, 0.25) is 0 Å². The van der Waals surface area contributed by atoms with Crippen molar-refractivity contribution in [3.63, 3.8) is 0 Å². The van der Waals surface area contributed by atoms with Crippen molar-refractivity contribution in [1.29, 1.82) is 0 Å². The van der Waals surface area contributed by atoms with Gasteiger partial charge in [-0.1, -0.05) is 0 Å². The molecule has 0 aromatic heterocycles. The third kappa shape index (κ3) is 4.11. The van der Waals surface area contributed by atoms with Crippen molar-refractivity contribution in [2.75, 3.05) is 33.2 Å². The highest BCUT2D eigenvalue weighted by Crippen LogP contribution is 2.39. The van der Waals surface area contributed by atoms with E-state index in [4.69, 9.17) is 4.74 Å². The van der Waals surface area contributed by atoms with Crippen LogP contribution >= 0.6 is 0 Å². The van der Waals surface area contributed by atoms with E-state index in [2.05, 4.69) is 11.9 Å². The minimum atomic E-state index is -0.547. The molecule has 0 unspecified atom stereocenters. The molecular weight excluding hydrogens is 347 g/mol. The van der Waals surface area contributed by atoms with E-state index in [1.54, 1.807) is 12.1 Å². The van der Waals surface area contributed by atoms with Gasteiger partial charge in [0.25, 0.3) is 0 Å². The number of likely N-dealkylation sites (tertiary alicyclic amines) is 2. The molecule has 1 aromatic carbocycles. The first-order chi connectivity index (χ1) is 13.0. The topological polar surface area (TPSA) is 53.0 Å². The fourth-order valence-corrected chi connectivity index (χ4v) is 4.90. The maximum absolute atomic E-state index is 13.1. The van der Waals surface area contributed by atoms with Gasteiger partial charge in [0.05, 0.1) is 6.10 Å². The zero-order chi connectivity index (χ0) is 19.0. The highest BCUT2D eigenvalue weighted by Gasteiger charge is 2.44. The van der Waals surface area contributed by atoms with Crippen LogP contribution in [0, 0.1) is 23.6 Å². The van der Waals surface area contributed by atoms with Crippen LogP contribution in [0.4, 0.5) is 4.39 Å². The molecule has 4 rings (SSSR count). The Kier molecular flexibility index (Phi) is 5.37. The molecule has 0 spiro atoms. The largest absolute Gasteiger partial charge is 0.488 e. The van der Waals surface area contributed by atoms with Gasteiger partial charge in [-0.2, -0.15) is 0 Å². The molecule has 3 aliphatic rings. The van der Waals surface area contributed by atoms with Gasteiger partial charge in [0.1, 0.15) is 17.7 Å². The fraction of sp³-hybridized carbons (Fsp3) is 0.667. The van der Waals surface area contributed by atoms with E-state index in [1.165, 1.54) is 12.1 Å². The summed E-state index contributed by atoms with van der Waals surface area (Å²) >= 11 is 0. The van der Waals surface area contributed by atoms with Gasteiger partial charge in [0.15, 0.2) is 0 Å². The lowest BCUT2D eigenvalue weighted by Crippen LogP contribution is -2.42. The number of fused-ring (bicyclic) bond motifs is 1. The first kappa shape index (κ1) is 18.7. The number of piperidine rings is 1. The molecule has 2 heterocycles. The van der Waals surface area contributed by atoms with Gasteiger partial charge in [0.2, 0.25) is 5.91 Å². The molecule has 0 bridgehead atoms. The number of hydrogen-bond acceptors (Lipinski definition) is 4. The van der Waals surface area contributed by atoms with E-state index in [-0.39, 0.29) is 17.8 Å². The molecule has 148 valence electrons. The van der Waals surface area contributed by atoms with E-state index in [0.29, 0.717) is 29.9 Å². The molecule has 2 saturated heterocycles. The number of carbonyl (C=O) groups excluding carboxylic acids is 1. The normalized spacial score (nSPS) is 32.3. The van der Waals surface area contributed by atoms with Crippen LogP contribution in [0.15, 0.2) is 24.3 Å². The Bertz CT molecular complexity index is 660. The number of hydrogen-bond donors (Lipinski definition) is 1. The maximum atomic E-state index is 13.1. The lowest BCUT2D eigenvalue weighted by molar-refractivity contribution is -0.136. The van der Waals surface area contributed by atoms with Crippen LogP contribution in [0.3, 0.4) is 0 Å². The van der Waals surface area contributed by atoms with E-state index >= 15 is 0 Å². The van der Waals surface area contributed by atoms with E-state index in [9.17, 15) is 14.3 Å². The van der Waals surface area contributed by atoms with Gasteiger partial charge < -0.3 is 19.6 Å². The average Bonchev–Trinajstić information content (AvgIpc) is 3.06. The molecule has 0 radical (unpaired) electrons. The van der Waals surface area contributed by atoms with Crippen molar-refractivity contribution in [3.8, 4) is 5.75 Å². The number of carbonyl (C=O) groups is 1. The van der Waals surface area contributed by atoms with Gasteiger partial charge in [-0.3, -0.25) is 4.79 Å². The highest BCUT2D eigenvalue weighted by atomic mass is 19.1. The third-order valence-electron chi connectivity index (χ3n) is 6.57. The fourth-order valence-electron chi connectivity index (χ4n) is 4.90. The Morgan fingerprint density at radius 1 is 1.11 bits per heavy atom. The minimum absolute atomic E-state index is 0.150. The summed E-state index contributed by atoms with van der Waals surface area (Å²) in [6, 6.07) is 5.92. The Balaban J connectivity index is 1.35. The number of rotatable bonds is 3. The SMILES string of the molecule is CN1CCC(C(=O)N2C[C@H]3C[C@@H](Oc4ccc(F)cc4)[C@H](O)C[C@H]3C2)CC1. The van der Waals surface area contributed by atoms with Crippen molar-refractivity contribution in [2.24, 2.45) is 17.8 Å². The quantitative estimate of drug-likeness (QED) is 0.878. The summed E-state index contributed by atoms with van der Waals surface area (Å²) in [6.45, 7) is 3.51. The molecule has 1 aliphatic carbocycles. The zero-order valence-electron chi connectivity index (χ0n) is 15.9. The third-order valence-corrected chi connectivity index (χ3v) is 6.57. The van der Waals surface area contributed by atoms with Gasteiger partial charge in [0, 0.05) is 19.0 Å². The summed E-state index contributed by atoms with van der Waals surface area (Å²) in [5, 5.41) is 10.5. The second-order valence-corrected chi connectivity index (χ2v) is 8.49. The van der Waals surface area contributed by atoms with E-state index in [1.807, 2.05) is 4.90 Å². The van der Waals surface area contributed by atoms with Crippen LogP contribution < -0.4 is 4.74 Å². The Morgan fingerprint density at radius 2 is 1.74 bits per heavy atom. The number of amides is 1. The standard InChI is InChI=1S/C21H29FN2O3/c1-23-8-6-14(7-9-23)21(26)24-12-15-10-19(25)20(11-16(15)13-24)27-18-4-2-17(22)3-5-18/h2-5,14-16,19-20,25H,6-13H2,1H3/t15-,16+,19+,20+/m0/s1. The van der Waals surface area contributed by atoms with Crippen molar-refractivity contribution in [1.82, 2.24) is 9.80 Å². The van der Waals surface area contributed by atoms with Crippen molar-refractivity contribution >= 4 is 5.91 Å². The molecular formula is C21H29FN2O3. The molecule has 1 saturated carbocycles. The van der Waals surface area contributed by atoms with Crippen LogP contribution in [0.5, 0.6) is 5.75 Å². The predicted octanol–water partition coefficient (Wildman–Crippen LogP) is 2.14. The molecule has 1 amide bonds. The second kappa shape index (κ2) is 7.76. The average molecular weight is 376 g/mol. The number of aliphatic hydroxyl groups excluding tert-OH is 1. The first-order valence-corrected chi connectivity index (χ1v) is 10.1. The van der Waals surface area contributed by atoms with Crippen molar-refractivity contribution in [2.45, 2.75) is 37.9 Å². The molecule has 6 heteroatoms. The van der Waals surface area contributed by atoms with E-state index < -0.39 is 6.10 Å². The molecule has 2 aliphatic heterocycles. The molecule has 1 N–H and O–H groups in total. The van der Waals surface area contributed by atoms with Crippen molar-refractivity contribution < 1.29 is 19.0 Å². The Hall–Kier alpha value is -1.66. The second-order valence-electron chi connectivity index (χ2n) is 8.49. The van der Waals surface area contributed by atoms with Crippen LogP contribution in [-0.2, 0) is 4.79 Å². The number of benzene rings is 1. The van der Waals surface area contributed by atoms with Crippen LogP contribution in [0.25, 0.3) is 0 Å². The summed E-state index contributed by atoms with van der Waals surface area (Å²) < 4.78 is 19.0. The number of halogens is 1. The smallest absolute Gasteiger partial charge is 0.225 e. The zero-order valence-corrected chi connectivity index (χ0v) is 15.9. The Morgan fingerprint density at radius 3 is 2.41 bits per heavy atom. The monoisotopic (exact) mass is 376 g/mol. The molecule has 3 fully saturated rings. The predicted molar refractivity (Wildman–Crippen MR) is 99.8 cm³/mol. The summed E-state index contributed by atoms with van der Waals surface area (Å²) in [5.74, 6) is 1.44. The number of nitrogens with zero attached hydrogens (tertiary/aromatic N) is 2. The number of ether oxygens (including phenoxy) is 1. The Labute approximate surface area is 160 Å². The van der Waals surface area contributed by atoms with E-state index in [0.717, 1.165) is 45.4 Å². The van der Waals surface area contributed by atoms with Gasteiger partial charge >= 0.3 is 0 Å². The summed E-state index contributed by atoms with van der Waals surface area (Å²) in [6.07, 6.45) is 2.44. The maximum Gasteiger partial charge on any atom is 0.225 e. The molecule has 27 heavy (non-hydrogen) atoms. The van der Waals surface area contributed by atoms with Gasteiger partial charge in [-0.25, -0.2) is 4.39 Å². The lowest BCUT2D eigenvalue weighted by atomic mass is 9.78. The molecule has 1 aromatic rings. The molecule has 4 atom stereocenters. The van der Waals surface area contributed by atoms with Gasteiger partial charge in [-0.05, 0) is 81.9 Å². The van der Waals surface area contributed by atoms with Crippen molar-refractivity contribution in [3.05, 3.63) is 30.1 Å². The first-order valence-electron chi connectivity index (χ1n) is 10.1. The molecule has 5 nitrogen and oxygen atoms in total. The minimum Gasteiger partial charge on any atom is -0.488 e. The van der Waals surface area contributed by atoms with Gasteiger partial charge in [-0.15, -0.1) is 0 Å².